The number of carbonyl (C=O) groups is 3. The fraction of sp³-hybridized carbons (Fsp3) is 0.667. The number of amides is 2. The number of hydrogen-bond acceptors (Lipinski definition) is 5. The Morgan fingerprint density at radius 1 is 1.41 bits per heavy atom. The fourth-order valence-corrected chi connectivity index (χ4v) is 2.54. The summed E-state index contributed by atoms with van der Waals surface area (Å²) >= 11 is 1.56. The van der Waals surface area contributed by atoms with Gasteiger partial charge in [-0.15, -0.1) is 0 Å². The zero-order valence-corrected chi connectivity index (χ0v) is 10.2. The van der Waals surface area contributed by atoms with Crippen molar-refractivity contribution in [3.05, 3.63) is 0 Å². The summed E-state index contributed by atoms with van der Waals surface area (Å²) in [5, 5.41) is 8.98. The van der Waals surface area contributed by atoms with Crippen LogP contribution in [-0.4, -0.2) is 58.4 Å². The van der Waals surface area contributed by atoms with Crippen molar-refractivity contribution >= 4 is 29.5 Å². The van der Waals surface area contributed by atoms with Crippen molar-refractivity contribution in [3.63, 3.8) is 0 Å². The molecule has 1 heterocycles. The van der Waals surface area contributed by atoms with Crippen LogP contribution >= 0.6 is 11.8 Å². The Balaban J connectivity index is 2.44. The van der Waals surface area contributed by atoms with Gasteiger partial charge in [0.05, 0.1) is 6.54 Å². The Hall–Kier alpha value is -1.28. The predicted molar refractivity (Wildman–Crippen MR) is 62.3 cm³/mol. The number of carbonyl (C=O) groups excluding carboxylic acids is 2. The first-order chi connectivity index (χ1) is 8.00. The van der Waals surface area contributed by atoms with Gasteiger partial charge in [-0.2, -0.15) is 11.8 Å². The van der Waals surface area contributed by atoms with Gasteiger partial charge in [0.15, 0.2) is 0 Å². The normalized spacial score (nSPS) is 20.6. The van der Waals surface area contributed by atoms with Gasteiger partial charge >= 0.3 is 5.97 Å². The lowest BCUT2D eigenvalue weighted by molar-refractivity contribution is -0.143. The highest BCUT2D eigenvalue weighted by Crippen LogP contribution is 2.16. The quantitative estimate of drug-likeness (QED) is 0.544. The third kappa shape index (κ3) is 4.61. The average molecular weight is 261 g/mol. The van der Waals surface area contributed by atoms with Crippen LogP contribution in [0.15, 0.2) is 0 Å². The van der Waals surface area contributed by atoms with E-state index in [1.807, 2.05) is 0 Å². The number of hydrazine groups is 1. The van der Waals surface area contributed by atoms with Crippen LogP contribution in [0.25, 0.3) is 0 Å². The zero-order chi connectivity index (χ0) is 12.8. The molecule has 1 saturated heterocycles. The van der Waals surface area contributed by atoms with E-state index in [2.05, 4.69) is 10.9 Å². The Bertz CT molecular complexity index is 323. The minimum atomic E-state index is -0.926. The number of thioether (sulfide) groups is 1. The summed E-state index contributed by atoms with van der Waals surface area (Å²) in [6.07, 6.45) is 0. The molecule has 7 nitrogen and oxygen atoms in total. The van der Waals surface area contributed by atoms with Crippen molar-refractivity contribution in [2.45, 2.75) is 13.0 Å². The molecule has 0 aromatic rings. The van der Waals surface area contributed by atoms with Gasteiger partial charge in [-0.1, -0.05) is 0 Å². The van der Waals surface area contributed by atoms with Crippen LogP contribution in [0.1, 0.15) is 6.92 Å². The summed E-state index contributed by atoms with van der Waals surface area (Å²) in [6, 6.07) is -0.642. The van der Waals surface area contributed by atoms with E-state index in [4.69, 9.17) is 5.11 Å². The Kier molecular flexibility index (Phi) is 5.23. The second-order valence-corrected chi connectivity index (χ2v) is 4.78. The summed E-state index contributed by atoms with van der Waals surface area (Å²) < 4.78 is 0. The second-order valence-electron chi connectivity index (χ2n) is 3.63. The molecule has 1 aliphatic heterocycles. The third-order valence-corrected chi connectivity index (χ3v) is 3.27. The number of nitrogens with zero attached hydrogens (tertiary/aromatic N) is 1. The molecule has 1 fully saturated rings. The summed E-state index contributed by atoms with van der Waals surface area (Å²) in [5.41, 5.74) is 4.37. The van der Waals surface area contributed by atoms with E-state index in [0.717, 1.165) is 5.75 Å². The van der Waals surface area contributed by atoms with Crippen LogP contribution in [0.3, 0.4) is 0 Å². The van der Waals surface area contributed by atoms with E-state index >= 15 is 0 Å². The van der Waals surface area contributed by atoms with Gasteiger partial charge in [-0.3, -0.25) is 30.1 Å². The first-order valence-electron chi connectivity index (χ1n) is 5.10. The maximum absolute atomic E-state index is 11.4. The highest BCUT2D eigenvalue weighted by Gasteiger charge is 2.29. The summed E-state index contributed by atoms with van der Waals surface area (Å²) in [7, 11) is 0. The molecule has 0 saturated carbocycles. The van der Waals surface area contributed by atoms with E-state index in [-0.39, 0.29) is 12.5 Å². The SMILES string of the molecule is CC(=O)NNC(=O)CN1CCSCC1C(=O)O. The molecule has 0 bridgehead atoms. The number of carboxylic acids is 1. The maximum atomic E-state index is 11.4. The van der Waals surface area contributed by atoms with Gasteiger partial charge < -0.3 is 5.11 Å². The molecule has 0 radical (unpaired) electrons. The highest BCUT2D eigenvalue weighted by atomic mass is 32.2. The van der Waals surface area contributed by atoms with Gasteiger partial charge in [-0.05, 0) is 0 Å². The van der Waals surface area contributed by atoms with Crippen LogP contribution in [0, 0.1) is 0 Å². The van der Waals surface area contributed by atoms with Crippen molar-refractivity contribution in [2.75, 3.05) is 24.6 Å². The van der Waals surface area contributed by atoms with Crippen LogP contribution in [0.2, 0.25) is 0 Å². The molecule has 0 aromatic carbocycles. The minimum Gasteiger partial charge on any atom is -0.480 e. The van der Waals surface area contributed by atoms with Gasteiger partial charge in [0.2, 0.25) is 5.91 Å². The van der Waals surface area contributed by atoms with Crippen molar-refractivity contribution < 1.29 is 19.5 Å². The largest absolute Gasteiger partial charge is 0.480 e. The van der Waals surface area contributed by atoms with Crippen LogP contribution in [-0.2, 0) is 14.4 Å². The third-order valence-electron chi connectivity index (χ3n) is 2.25. The summed E-state index contributed by atoms with van der Waals surface area (Å²) in [4.78, 5) is 34.5. The van der Waals surface area contributed by atoms with Gasteiger partial charge in [-0.25, -0.2) is 0 Å². The number of nitrogens with one attached hydrogen (secondary N) is 2. The Morgan fingerprint density at radius 2 is 2.12 bits per heavy atom. The number of rotatable bonds is 3. The predicted octanol–water partition coefficient (Wildman–Crippen LogP) is -1.34. The summed E-state index contributed by atoms with van der Waals surface area (Å²) in [5.74, 6) is -0.440. The first-order valence-corrected chi connectivity index (χ1v) is 6.26. The molecule has 1 rings (SSSR count). The fourth-order valence-electron chi connectivity index (χ4n) is 1.44. The van der Waals surface area contributed by atoms with E-state index in [1.165, 1.54) is 6.92 Å². The molecule has 1 aliphatic rings. The molecular weight excluding hydrogens is 246 g/mol. The van der Waals surface area contributed by atoms with E-state index < -0.39 is 17.9 Å². The molecule has 0 spiro atoms. The summed E-state index contributed by atoms with van der Waals surface area (Å²) in [6.45, 7) is 1.80. The Morgan fingerprint density at radius 3 is 2.71 bits per heavy atom. The van der Waals surface area contributed by atoms with Crippen LogP contribution in [0.4, 0.5) is 0 Å². The highest BCUT2D eigenvalue weighted by molar-refractivity contribution is 7.99. The lowest BCUT2D eigenvalue weighted by Gasteiger charge is -2.31. The van der Waals surface area contributed by atoms with Crippen molar-refractivity contribution in [2.24, 2.45) is 0 Å². The van der Waals surface area contributed by atoms with Crippen molar-refractivity contribution in [3.8, 4) is 0 Å². The topological polar surface area (TPSA) is 98.7 Å². The first kappa shape index (κ1) is 13.8. The van der Waals surface area contributed by atoms with Crippen LogP contribution in [0.5, 0.6) is 0 Å². The van der Waals surface area contributed by atoms with Crippen LogP contribution < -0.4 is 10.9 Å². The monoisotopic (exact) mass is 261 g/mol. The smallest absolute Gasteiger partial charge is 0.321 e. The molecule has 2 amide bonds. The molecule has 8 heteroatoms. The van der Waals surface area contributed by atoms with E-state index in [1.54, 1.807) is 16.7 Å². The minimum absolute atomic E-state index is 0.0300. The maximum Gasteiger partial charge on any atom is 0.321 e. The lowest BCUT2D eigenvalue weighted by atomic mass is 10.2. The van der Waals surface area contributed by atoms with E-state index in [9.17, 15) is 14.4 Å². The van der Waals surface area contributed by atoms with E-state index in [0.29, 0.717) is 12.3 Å². The number of hydrogen-bond donors (Lipinski definition) is 3. The zero-order valence-electron chi connectivity index (χ0n) is 9.43. The number of carboxylic acid groups (broad SMARTS) is 1. The van der Waals surface area contributed by atoms with Crippen molar-refractivity contribution in [1.82, 2.24) is 15.8 Å². The molecule has 17 heavy (non-hydrogen) atoms. The molecule has 3 N–H and O–H groups in total. The van der Waals surface area contributed by atoms with Crippen molar-refractivity contribution in [1.29, 1.82) is 0 Å². The molecule has 0 aromatic heterocycles. The number of aliphatic carboxylic acids is 1. The second kappa shape index (κ2) is 6.45. The average Bonchev–Trinajstić information content (AvgIpc) is 2.27. The molecule has 1 atom stereocenters. The van der Waals surface area contributed by atoms with Gasteiger partial charge in [0.25, 0.3) is 5.91 Å². The molecule has 0 aliphatic carbocycles. The van der Waals surface area contributed by atoms with Gasteiger partial charge in [0.1, 0.15) is 6.04 Å². The Labute approximate surface area is 103 Å². The molecule has 96 valence electrons. The molecular formula is C9H15N3O4S. The molecule has 1 unspecified atom stereocenters. The lowest BCUT2D eigenvalue weighted by Crippen LogP contribution is -2.53. The van der Waals surface area contributed by atoms with Gasteiger partial charge in [0, 0.05) is 25.0 Å². The standard InChI is InChI=1S/C9H15N3O4S/c1-6(13)10-11-8(14)4-12-2-3-17-5-7(12)9(15)16/h7H,2-5H2,1H3,(H,10,13)(H,11,14)(H,15,16).